The summed E-state index contributed by atoms with van der Waals surface area (Å²) in [6, 6.07) is 12.2. The van der Waals surface area contributed by atoms with Crippen molar-refractivity contribution in [3.8, 4) is 11.4 Å². The highest BCUT2D eigenvalue weighted by atomic mass is 15.2. The number of hydrogen-bond acceptors (Lipinski definition) is 4. The molecule has 3 rings (SSSR count). The van der Waals surface area contributed by atoms with Crippen LogP contribution in [-0.4, -0.2) is 29.6 Å². The zero-order valence-electron chi connectivity index (χ0n) is 12.5. The lowest BCUT2D eigenvalue weighted by molar-refractivity contribution is 0.413. The second-order valence-electron chi connectivity index (χ2n) is 5.72. The van der Waals surface area contributed by atoms with Gasteiger partial charge >= 0.3 is 0 Å². The molecule has 1 fully saturated rings. The Balaban J connectivity index is 1.85. The van der Waals surface area contributed by atoms with Gasteiger partial charge in [-0.1, -0.05) is 30.3 Å². The van der Waals surface area contributed by atoms with Gasteiger partial charge in [-0.25, -0.2) is 9.97 Å². The molecule has 0 saturated carbocycles. The van der Waals surface area contributed by atoms with Crippen LogP contribution < -0.4 is 10.6 Å². The van der Waals surface area contributed by atoms with Crippen molar-refractivity contribution in [1.82, 2.24) is 9.97 Å². The molecule has 0 spiro atoms. The van der Waals surface area contributed by atoms with Gasteiger partial charge in [-0.3, -0.25) is 0 Å². The first-order chi connectivity index (χ1) is 10.3. The van der Waals surface area contributed by atoms with Crippen LogP contribution in [0.25, 0.3) is 11.4 Å². The fraction of sp³-hybridized carbons (Fsp3) is 0.412. The summed E-state index contributed by atoms with van der Waals surface area (Å²) in [6.07, 6.45) is 2.31. The zero-order chi connectivity index (χ0) is 14.7. The van der Waals surface area contributed by atoms with Gasteiger partial charge in [0.15, 0.2) is 5.82 Å². The molecule has 0 radical (unpaired) electrons. The van der Waals surface area contributed by atoms with Gasteiger partial charge in [-0.2, -0.15) is 0 Å². The minimum absolute atomic E-state index is 0.665. The molecule has 0 aliphatic carbocycles. The molecule has 2 N–H and O–H groups in total. The predicted molar refractivity (Wildman–Crippen MR) is 86.2 cm³/mol. The Morgan fingerprint density at radius 2 is 1.86 bits per heavy atom. The van der Waals surface area contributed by atoms with Gasteiger partial charge < -0.3 is 10.6 Å². The molecule has 4 heteroatoms. The molecule has 1 aromatic heterocycles. The van der Waals surface area contributed by atoms with Crippen molar-refractivity contribution in [3.05, 3.63) is 42.1 Å². The SMILES string of the molecule is Cc1cc(N2CCC(CN)CC2)nc(-c2ccccc2)n1. The molecule has 110 valence electrons. The maximum atomic E-state index is 5.77. The van der Waals surface area contributed by atoms with Crippen LogP contribution in [0.15, 0.2) is 36.4 Å². The maximum absolute atomic E-state index is 5.77. The number of rotatable bonds is 3. The largest absolute Gasteiger partial charge is 0.356 e. The van der Waals surface area contributed by atoms with Crippen LogP contribution in [0, 0.1) is 12.8 Å². The Bertz CT molecular complexity index is 589. The number of aromatic nitrogens is 2. The summed E-state index contributed by atoms with van der Waals surface area (Å²) in [5, 5.41) is 0. The third-order valence-corrected chi connectivity index (χ3v) is 4.14. The lowest BCUT2D eigenvalue weighted by Crippen LogP contribution is -2.36. The minimum atomic E-state index is 0.665. The Labute approximate surface area is 126 Å². The number of hydrogen-bond donors (Lipinski definition) is 1. The van der Waals surface area contributed by atoms with E-state index >= 15 is 0 Å². The first-order valence-corrected chi connectivity index (χ1v) is 7.62. The zero-order valence-corrected chi connectivity index (χ0v) is 12.5. The fourth-order valence-electron chi connectivity index (χ4n) is 2.83. The number of nitrogens with zero attached hydrogens (tertiary/aromatic N) is 3. The highest BCUT2D eigenvalue weighted by Crippen LogP contribution is 2.24. The van der Waals surface area contributed by atoms with E-state index in [1.54, 1.807) is 0 Å². The molecule has 1 aliphatic heterocycles. The summed E-state index contributed by atoms with van der Waals surface area (Å²) in [6.45, 7) is 4.90. The lowest BCUT2D eigenvalue weighted by Gasteiger charge is -2.32. The van der Waals surface area contributed by atoms with E-state index < -0.39 is 0 Å². The van der Waals surface area contributed by atoms with Gasteiger partial charge in [0.1, 0.15) is 5.82 Å². The van der Waals surface area contributed by atoms with Crippen LogP contribution in [0.4, 0.5) is 5.82 Å². The van der Waals surface area contributed by atoms with E-state index in [1.807, 2.05) is 25.1 Å². The summed E-state index contributed by atoms with van der Waals surface area (Å²) < 4.78 is 0. The second-order valence-corrected chi connectivity index (χ2v) is 5.72. The molecular weight excluding hydrogens is 260 g/mol. The Morgan fingerprint density at radius 3 is 2.52 bits per heavy atom. The first-order valence-electron chi connectivity index (χ1n) is 7.62. The highest BCUT2D eigenvalue weighted by molar-refractivity contribution is 5.57. The number of benzene rings is 1. The Morgan fingerprint density at radius 1 is 1.14 bits per heavy atom. The Kier molecular flexibility index (Phi) is 4.15. The lowest BCUT2D eigenvalue weighted by atomic mass is 9.97. The molecular formula is C17H22N4. The van der Waals surface area contributed by atoms with Crippen LogP contribution in [0.3, 0.4) is 0 Å². The molecule has 0 bridgehead atoms. The monoisotopic (exact) mass is 282 g/mol. The van der Waals surface area contributed by atoms with E-state index in [-0.39, 0.29) is 0 Å². The van der Waals surface area contributed by atoms with Crippen molar-refractivity contribution in [2.24, 2.45) is 11.7 Å². The van der Waals surface area contributed by atoms with Crippen molar-refractivity contribution in [3.63, 3.8) is 0 Å². The third kappa shape index (κ3) is 3.22. The topological polar surface area (TPSA) is 55.0 Å². The van der Waals surface area contributed by atoms with E-state index in [1.165, 1.54) is 0 Å². The molecule has 21 heavy (non-hydrogen) atoms. The van der Waals surface area contributed by atoms with E-state index in [0.29, 0.717) is 5.92 Å². The van der Waals surface area contributed by atoms with Crippen LogP contribution in [0.2, 0.25) is 0 Å². The second kappa shape index (κ2) is 6.22. The predicted octanol–water partition coefficient (Wildman–Crippen LogP) is 2.63. The fourth-order valence-corrected chi connectivity index (χ4v) is 2.83. The quantitative estimate of drug-likeness (QED) is 0.940. The molecule has 4 nitrogen and oxygen atoms in total. The summed E-state index contributed by atoms with van der Waals surface area (Å²) in [5.74, 6) is 2.51. The number of anilines is 1. The summed E-state index contributed by atoms with van der Waals surface area (Å²) >= 11 is 0. The highest BCUT2D eigenvalue weighted by Gasteiger charge is 2.20. The smallest absolute Gasteiger partial charge is 0.161 e. The molecule has 0 atom stereocenters. The maximum Gasteiger partial charge on any atom is 0.161 e. The molecule has 1 aliphatic rings. The van der Waals surface area contributed by atoms with Crippen molar-refractivity contribution in [2.75, 3.05) is 24.5 Å². The van der Waals surface area contributed by atoms with E-state index in [2.05, 4.69) is 28.1 Å². The molecule has 2 heterocycles. The van der Waals surface area contributed by atoms with Crippen molar-refractivity contribution in [1.29, 1.82) is 0 Å². The normalized spacial score (nSPS) is 16.2. The summed E-state index contributed by atoms with van der Waals surface area (Å²) in [5.41, 5.74) is 7.85. The average Bonchev–Trinajstić information content (AvgIpc) is 2.55. The molecule has 0 amide bonds. The van der Waals surface area contributed by atoms with E-state index in [4.69, 9.17) is 10.7 Å². The van der Waals surface area contributed by atoms with E-state index in [0.717, 1.165) is 55.4 Å². The third-order valence-electron chi connectivity index (χ3n) is 4.14. The van der Waals surface area contributed by atoms with Gasteiger partial charge in [0, 0.05) is 30.4 Å². The number of nitrogens with two attached hydrogens (primary N) is 1. The van der Waals surface area contributed by atoms with Gasteiger partial charge in [-0.05, 0) is 32.2 Å². The van der Waals surface area contributed by atoms with E-state index in [9.17, 15) is 0 Å². The molecule has 2 aromatic rings. The minimum Gasteiger partial charge on any atom is -0.356 e. The van der Waals surface area contributed by atoms with Gasteiger partial charge in [0.25, 0.3) is 0 Å². The molecule has 1 saturated heterocycles. The van der Waals surface area contributed by atoms with Gasteiger partial charge in [0.05, 0.1) is 0 Å². The number of aryl methyl sites for hydroxylation is 1. The Hall–Kier alpha value is -1.94. The molecule has 0 unspecified atom stereocenters. The summed E-state index contributed by atoms with van der Waals surface area (Å²) in [4.78, 5) is 11.7. The van der Waals surface area contributed by atoms with Crippen molar-refractivity contribution < 1.29 is 0 Å². The summed E-state index contributed by atoms with van der Waals surface area (Å²) in [7, 11) is 0. The first kappa shape index (κ1) is 14.0. The van der Waals surface area contributed by atoms with Crippen molar-refractivity contribution in [2.45, 2.75) is 19.8 Å². The van der Waals surface area contributed by atoms with Gasteiger partial charge in [0.2, 0.25) is 0 Å². The van der Waals surface area contributed by atoms with Crippen LogP contribution >= 0.6 is 0 Å². The van der Waals surface area contributed by atoms with Crippen LogP contribution in [-0.2, 0) is 0 Å². The number of piperidine rings is 1. The standard InChI is InChI=1S/C17H22N4/c1-13-11-16(21-9-7-14(12-18)8-10-21)20-17(19-13)15-5-3-2-4-6-15/h2-6,11,14H,7-10,12,18H2,1H3. The van der Waals surface area contributed by atoms with Gasteiger partial charge in [-0.15, -0.1) is 0 Å². The van der Waals surface area contributed by atoms with Crippen LogP contribution in [0.5, 0.6) is 0 Å². The van der Waals surface area contributed by atoms with Crippen molar-refractivity contribution >= 4 is 5.82 Å². The molecule has 1 aromatic carbocycles. The van der Waals surface area contributed by atoms with Crippen LogP contribution in [0.1, 0.15) is 18.5 Å². The average molecular weight is 282 g/mol.